The quantitative estimate of drug-likeness (QED) is 0.764. The van der Waals surface area contributed by atoms with E-state index in [9.17, 15) is 9.18 Å². The molecule has 1 aliphatic rings. The van der Waals surface area contributed by atoms with Crippen LogP contribution in [0.5, 0.6) is 0 Å². The van der Waals surface area contributed by atoms with Crippen molar-refractivity contribution in [3.05, 3.63) is 53.9 Å². The van der Waals surface area contributed by atoms with E-state index in [2.05, 4.69) is 20.5 Å². The minimum atomic E-state index is -0.505. The third-order valence-corrected chi connectivity index (χ3v) is 4.30. The van der Waals surface area contributed by atoms with Crippen molar-refractivity contribution in [2.45, 2.75) is 13.1 Å². The molecule has 0 saturated carbocycles. The largest absolute Gasteiger partial charge is 0.340 e. The van der Waals surface area contributed by atoms with Gasteiger partial charge >= 0.3 is 0 Å². The van der Waals surface area contributed by atoms with Gasteiger partial charge in [-0.25, -0.2) is 9.37 Å². The summed E-state index contributed by atoms with van der Waals surface area (Å²) in [6.45, 7) is 0.271. The van der Waals surface area contributed by atoms with E-state index in [1.165, 1.54) is 6.33 Å². The number of aromatic nitrogens is 4. The molecule has 3 aromatic rings. The fraction of sp³-hybridized carbons (Fsp3) is 0.222. The third kappa shape index (κ3) is 2.79. The molecule has 8 heteroatoms. The molecule has 1 aliphatic heterocycles. The van der Waals surface area contributed by atoms with Gasteiger partial charge in [-0.15, -0.1) is 10.2 Å². The van der Waals surface area contributed by atoms with Crippen molar-refractivity contribution < 1.29 is 9.18 Å². The smallest absolute Gasteiger partial charge is 0.256 e. The number of alkyl halides is 1. The van der Waals surface area contributed by atoms with Crippen LogP contribution in [0.2, 0.25) is 0 Å². The summed E-state index contributed by atoms with van der Waals surface area (Å²) in [5.74, 6) is 1.07. The molecule has 2 aromatic heterocycles. The predicted octanol–water partition coefficient (Wildman–Crippen LogP) is 2.64. The summed E-state index contributed by atoms with van der Waals surface area (Å²) in [4.78, 5) is 18.6. The van der Waals surface area contributed by atoms with Crippen LogP contribution in [0.1, 0.15) is 15.9 Å². The Morgan fingerprint density at radius 3 is 2.92 bits per heavy atom. The number of carbonyl (C=O) groups excluding carboxylic acids is 1. The predicted molar refractivity (Wildman–Crippen MR) is 94.8 cm³/mol. The summed E-state index contributed by atoms with van der Waals surface area (Å²) in [6.07, 6.45) is 1.48. The molecule has 0 aliphatic carbocycles. The Morgan fingerprint density at radius 1 is 1.23 bits per heavy atom. The summed E-state index contributed by atoms with van der Waals surface area (Å²) in [6, 6.07) is 11.1. The van der Waals surface area contributed by atoms with E-state index in [1.807, 2.05) is 30.3 Å². The van der Waals surface area contributed by atoms with Crippen molar-refractivity contribution in [2.24, 2.45) is 0 Å². The first-order valence-corrected chi connectivity index (χ1v) is 8.23. The second-order valence-corrected chi connectivity index (χ2v) is 6.07. The number of nitrogens with zero attached hydrogens (tertiary/aromatic N) is 5. The van der Waals surface area contributed by atoms with Crippen LogP contribution in [-0.2, 0) is 13.1 Å². The van der Waals surface area contributed by atoms with Crippen LogP contribution < -0.4 is 5.32 Å². The molecule has 7 nitrogen and oxygen atoms in total. The number of carbonyl (C=O) groups is 1. The molecular weight excluding hydrogens is 335 g/mol. The number of fused-ring (bicyclic) bond motifs is 1. The number of aryl methyl sites for hydroxylation is 1. The highest BCUT2D eigenvalue weighted by Gasteiger charge is 2.27. The maximum Gasteiger partial charge on any atom is 0.256 e. The maximum absolute atomic E-state index is 12.7. The number of anilines is 2. The molecule has 0 unspecified atom stereocenters. The van der Waals surface area contributed by atoms with E-state index in [4.69, 9.17) is 0 Å². The van der Waals surface area contributed by atoms with Crippen molar-refractivity contribution in [3.8, 4) is 11.5 Å². The van der Waals surface area contributed by atoms with Gasteiger partial charge in [-0.1, -0.05) is 18.2 Å². The number of nitrogens with one attached hydrogen (secondary N) is 1. The van der Waals surface area contributed by atoms with Gasteiger partial charge in [0.25, 0.3) is 5.91 Å². The van der Waals surface area contributed by atoms with E-state index in [0.29, 0.717) is 35.1 Å². The number of hydrogen-bond acceptors (Lipinski definition) is 5. The average Bonchev–Trinajstić information content (AvgIpc) is 3.21. The normalized spacial score (nSPS) is 13.2. The molecule has 3 heterocycles. The van der Waals surface area contributed by atoms with Gasteiger partial charge < -0.3 is 14.8 Å². The fourth-order valence-electron chi connectivity index (χ4n) is 3.08. The lowest BCUT2D eigenvalue weighted by atomic mass is 10.1. The van der Waals surface area contributed by atoms with Crippen LogP contribution in [0.3, 0.4) is 0 Å². The molecule has 0 atom stereocenters. The monoisotopic (exact) mass is 352 g/mol. The molecule has 1 N–H and O–H groups in total. The van der Waals surface area contributed by atoms with Crippen LogP contribution in [0.25, 0.3) is 11.5 Å². The zero-order valence-corrected chi connectivity index (χ0v) is 14.2. The van der Waals surface area contributed by atoms with Gasteiger partial charge in [0.15, 0.2) is 5.82 Å². The summed E-state index contributed by atoms with van der Waals surface area (Å²) < 4.78 is 14.3. The van der Waals surface area contributed by atoms with Crippen LogP contribution in [0, 0.1) is 0 Å². The Bertz CT molecular complexity index is 970. The molecule has 0 fully saturated rings. The van der Waals surface area contributed by atoms with E-state index < -0.39 is 6.67 Å². The number of halogens is 1. The van der Waals surface area contributed by atoms with Gasteiger partial charge in [0.1, 0.15) is 24.5 Å². The zero-order chi connectivity index (χ0) is 18.1. The van der Waals surface area contributed by atoms with Gasteiger partial charge in [0, 0.05) is 13.6 Å². The SMILES string of the molecule is CN1Cc2cccc(Nc3cccc(-c4nncn4CCF)n3)c2C1=O. The molecule has 1 amide bonds. The molecule has 26 heavy (non-hydrogen) atoms. The lowest BCUT2D eigenvalue weighted by Gasteiger charge is -2.11. The number of rotatable bonds is 5. The minimum Gasteiger partial charge on any atom is -0.340 e. The Labute approximate surface area is 149 Å². The van der Waals surface area contributed by atoms with E-state index in [0.717, 1.165) is 5.56 Å². The lowest BCUT2D eigenvalue weighted by molar-refractivity contribution is 0.0817. The first-order valence-electron chi connectivity index (χ1n) is 8.23. The number of amides is 1. The van der Waals surface area contributed by atoms with Crippen LogP contribution in [-0.4, -0.2) is 44.3 Å². The van der Waals surface area contributed by atoms with Gasteiger partial charge in [-0.3, -0.25) is 4.79 Å². The van der Waals surface area contributed by atoms with Gasteiger partial charge in [0.05, 0.1) is 17.8 Å². The fourth-order valence-corrected chi connectivity index (χ4v) is 3.08. The van der Waals surface area contributed by atoms with Crippen molar-refractivity contribution in [1.82, 2.24) is 24.6 Å². The lowest BCUT2D eigenvalue weighted by Crippen LogP contribution is -2.18. The minimum absolute atomic E-state index is 0.0121. The summed E-state index contributed by atoms with van der Waals surface area (Å²) in [7, 11) is 1.78. The van der Waals surface area contributed by atoms with E-state index in [-0.39, 0.29) is 12.5 Å². The second-order valence-electron chi connectivity index (χ2n) is 6.07. The number of hydrogen-bond donors (Lipinski definition) is 1. The molecule has 1 aromatic carbocycles. The van der Waals surface area contributed by atoms with Gasteiger partial charge in [0.2, 0.25) is 0 Å². The highest BCUT2D eigenvalue weighted by Crippen LogP contribution is 2.30. The Balaban J connectivity index is 1.66. The first-order chi connectivity index (χ1) is 12.7. The van der Waals surface area contributed by atoms with Crippen LogP contribution in [0.15, 0.2) is 42.7 Å². The molecule has 0 saturated heterocycles. The Hall–Kier alpha value is -3.29. The van der Waals surface area contributed by atoms with Crippen LogP contribution >= 0.6 is 0 Å². The highest BCUT2D eigenvalue weighted by atomic mass is 19.1. The topological polar surface area (TPSA) is 75.9 Å². The highest BCUT2D eigenvalue weighted by molar-refractivity contribution is 6.03. The van der Waals surface area contributed by atoms with Crippen LogP contribution in [0.4, 0.5) is 15.9 Å². The van der Waals surface area contributed by atoms with E-state index in [1.54, 1.807) is 22.6 Å². The van der Waals surface area contributed by atoms with Gasteiger partial charge in [-0.05, 0) is 23.8 Å². The Kier molecular flexibility index (Phi) is 4.08. The number of benzene rings is 1. The summed E-state index contributed by atoms with van der Waals surface area (Å²) in [5, 5.41) is 11.1. The standard InChI is InChI=1S/C18H17FN6O/c1-24-10-12-4-2-5-13(16(12)18(24)26)21-15-7-3-6-14(22-15)17-23-20-11-25(17)9-8-19/h2-7,11H,8-10H2,1H3,(H,21,22). The molecule has 0 spiro atoms. The molecule has 0 radical (unpaired) electrons. The second kappa shape index (κ2) is 6.55. The van der Waals surface area contributed by atoms with E-state index >= 15 is 0 Å². The van der Waals surface area contributed by atoms with Crippen molar-refractivity contribution in [1.29, 1.82) is 0 Å². The summed E-state index contributed by atoms with van der Waals surface area (Å²) in [5.41, 5.74) is 2.95. The van der Waals surface area contributed by atoms with Crippen molar-refractivity contribution in [3.63, 3.8) is 0 Å². The molecule has 132 valence electrons. The molecular formula is C18H17FN6O. The van der Waals surface area contributed by atoms with Gasteiger partial charge in [-0.2, -0.15) is 0 Å². The Morgan fingerprint density at radius 2 is 2.08 bits per heavy atom. The first kappa shape index (κ1) is 16.2. The molecule has 0 bridgehead atoms. The van der Waals surface area contributed by atoms with Crippen molar-refractivity contribution >= 4 is 17.4 Å². The average molecular weight is 352 g/mol. The summed E-state index contributed by atoms with van der Waals surface area (Å²) >= 11 is 0. The number of pyridine rings is 1. The maximum atomic E-state index is 12.7. The third-order valence-electron chi connectivity index (χ3n) is 4.30. The van der Waals surface area contributed by atoms with Crippen molar-refractivity contribution in [2.75, 3.05) is 19.0 Å². The molecule has 4 rings (SSSR count). The zero-order valence-electron chi connectivity index (χ0n) is 14.2.